The number of carbonyl (C=O) groups excluding carboxylic acids is 2. The van der Waals surface area contributed by atoms with Gasteiger partial charge in [-0.25, -0.2) is 0 Å². The lowest BCUT2D eigenvalue weighted by Gasteiger charge is -2.35. The molecule has 2 atom stereocenters. The zero-order chi connectivity index (χ0) is 28.4. The van der Waals surface area contributed by atoms with E-state index < -0.39 is 6.04 Å². The lowest BCUT2D eigenvalue weighted by molar-refractivity contribution is -0.119. The van der Waals surface area contributed by atoms with Crippen LogP contribution in [0.3, 0.4) is 0 Å². The molecule has 1 aliphatic carbocycles. The fourth-order valence-electron chi connectivity index (χ4n) is 5.99. The first kappa shape index (κ1) is 28.2. The second kappa shape index (κ2) is 11.6. The summed E-state index contributed by atoms with van der Waals surface area (Å²) in [5.41, 5.74) is 6.42. The van der Waals surface area contributed by atoms with Crippen LogP contribution in [0.4, 0.5) is 11.4 Å². The van der Waals surface area contributed by atoms with Crippen LogP contribution < -0.4 is 10.2 Å². The van der Waals surface area contributed by atoms with Crippen LogP contribution in [0.15, 0.2) is 84.1 Å². The van der Waals surface area contributed by atoms with Crippen molar-refractivity contribution in [2.24, 2.45) is 0 Å². The number of unbranched alkanes of at least 4 members (excludes halogenated alkanes) is 2. The number of anilines is 2. The fourth-order valence-corrected chi connectivity index (χ4v) is 6.23. The summed E-state index contributed by atoms with van der Waals surface area (Å²) >= 11 is 6.80. The molecule has 4 nitrogen and oxygen atoms in total. The number of allylic oxidation sites excluding steroid dienone is 1. The van der Waals surface area contributed by atoms with E-state index in [9.17, 15) is 9.59 Å². The Morgan fingerprint density at radius 1 is 0.950 bits per heavy atom. The van der Waals surface area contributed by atoms with Crippen molar-refractivity contribution >= 4 is 34.7 Å². The van der Waals surface area contributed by atoms with Gasteiger partial charge in [-0.3, -0.25) is 14.5 Å². The summed E-state index contributed by atoms with van der Waals surface area (Å²) in [4.78, 5) is 30.0. The van der Waals surface area contributed by atoms with Crippen LogP contribution in [0.25, 0.3) is 0 Å². The molecular weight excluding hydrogens is 516 g/mol. The molecule has 1 heterocycles. The van der Waals surface area contributed by atoms with Crippen LogP contribution in [-0.4, -0.2) is 11.7 Å². The minimum Gasteiger partial charge on any atom is -0.357 e. The Hall–Kier alpha value is -3.37. The van der Waals surface area contributed by atoms with E-state index in [1.165, 1.54) is 5.56 Å². The number of nitrogens with one attached hydrogen (secondary N) is 1. The van der Waals surface area contributed by atoms with Gasteiger partial charge in [0.05, 0.1) is 17.4 Å². The molecule has 0 aromatic heterocycles. The van der Waals surface area contributed by atoms with Gasteiger partial charge in [0.2, 0.25) is 5.91 Å². The number of benzene rings is 3. The van der Waals surface area contributed by atoms with Crippen LogP contribution in [0, 0.1) is 0 Å². The van der Waals surface area contributed by atoms with Gasteiger partial charge >= 0.3 is 0 Å². The average molecular weight is 555 g/mol. The number of ketones is 1. The van der Waals surface area contributed by atoms with Crippen molar-refractivity contribution in [2.45, 2.75) is 83.6 Å². The summed E-state index contributed by atoms with van der Waals surface area (Å²) in [5.74, 6) is 0.121. The highest BCUT2D eigenvalue weighted by molar-refractivity contribution is 6.31. The maximum atomic E-state index is 14.2. The van der Waals surface area contributed by atoms with Crippen LogP contribution in [0.2, 0.25) is 5.02 Å². The number of halogens is 1. The number of para-hydroxylation sites is 2. The maximum Gasteiger partial charge on any atom is 0.227 e. The molecule has 0 radical (unpaired) electrons. The van der Waals surface area contributed by atoms with Crippen molar-refractivity contribution in [3.63, 3.8) is 0 Å². The molecule has 5 heteroatoms. The number of hydrogen-bond donors (Lipinski definition) is 1. The Balaban J connectivity index is 1.63. The van der Waals surface area contributed by atoms with Gasteiger partial charge in [-0.05, 0) is 59.1 Å². The second-order valence-electron chi connectivity index (χ2n) is 12.1. The summed E-state index contributed by atoms with van der Waals surface area (Å²) in [6, 6.07) is 23.6. The highest BCUT2D eigenvalue weighted by Crippen LogP contribution is 2.48. The zero-order valence-corrected chi connectivity index (χ0v) is 24.7. The molecule has 3 aromatic rings. The highest BCUT2D eigenvalue weighted by atomic mass is 35.5. The summed E-state index contributed by atoms with van der Waals surface area (Å²) in [6.07, 6.45) is 4.32. The van der Waals surface area contributed by atoms with E-state index >= 15 is 0 Å². The lowest BCUT2D eigenvalue weighted by atomic mass is 9.77. The molecule has 1 aliphatic heterocycles. The third-order valence-corrected chi connectivity index (χ3v) is 8.54. The second-order valence-corrected chi connectivity index (χ2v) is 12.5. The number of amides is 1. The molecule has 0 fully saturated rings. The Kier molecular flexibility index (Phi) is 8.19. The van der Waals surface area contributed by atoms with E-state index in [0.717, 1.165) is 47.5 Å². The van der Waals surface area contributed by atoms with Gasteiger partial charge in [-0.15, -0.1) is 0 Å². The Bertz CT molecular complexity index is 1430. The van der Waals surface area contributed by atoms with E-state index in [1.807, 2.05) is 53.4 Å². The van der Waals surface area contributed by atoms with E-state index in [1.54, 1.807) is 0 Å². The molecule has 0 saturated heterocycles. The van der Waals surface area contributed by atoms with Crippen molar-refractivity contribution in [2.75, 3.05) is 10.2 Å². The number of Topliss-reactive ketones (excluding diaryl/α,β-unsaturated/α-hetero) is 1. The number of rotatable bonds is 6. The van der Waals surface area contributed by atoms with Gasteiger partial charge in [-0.1, -0.05) is 107 Å². The molecule has 208 valence electrons. The minimum atomic E-state index is -0.592. The van der Waals surface area contributed by atoms with Crippen molar-refractivity contribution in [3.05, 3.63) is 106 Å². The zero-order valence-electron chi connectivity index (χ0n) is 24.0. The van der Waals surface area contributed by atoms with Gasteiger partial charge in [-0.2, -0.15) is 0 Å². The van der Waals surface area contributed by atoms with Gasteiger partial charge in [0, 0.05) is 29.1 Å². The third-order valence-electron chi connectivity index (χ3n) is 8.20. The Morgan fingerprint density at radius 3 is 2.35 bits per heavy atom. The molecule has 1 amide bonds. The summed E-state index contributed by atoms with van der Waals surface area (Å²) in [7, 11) is 0. The fraction of sp³-hybridized carbons (Fsp3) is 0.371. The minimum absolute atomic E-state index is 0.00839. The molecule has 0 saturated carbocycles. The first-order chi connectivity index (χ1) is 19.2. The van der Waals surface area contributed by atoms with Crippen LogP contribution in [0.1, 0.15) is 94.9 Å². The van der Waals surface area contributed by atoms with Crippen molar-refractivity contribution in [3.8, 4) is 0 Å². The normalized spacial score (nSPS) is 19.0. The van der Waals surface area contributed by atoms with Gasteiger partial charge in [0.15, 0.2) is 5.78 Å². The molecule has 5 rings (SSSR count). The molecular formula is C35H39ClN2O2. The molecule has 0 spiro atoms. The van der Waals surface area contributed by atoms with Crippen molar-refractivity contribution in [1.82, 2.24) is 0 Å². The van der Waals surface area contributed by atoms with E-state index in [-0.39, 0.29) is 23.0 Å². The Labute approximate surface area is 243 Å². The standard InChI is InChI=1S/C35H39ClN2O2/c1-5-6-7-16-32(40)38-30-15-11-10-14-28(30)37-29-21-24(23-17-19-25(20-18-23)35(2,3)4)22-31(39)33(29)34(38)26-12-8-9-13-27(26)36/h8-15,17-20,24,34,37H,5-7,16,21-22H2,1-4H3/t24-,34-/m1/s1. The topological polar surface area (TPSA) is 49.4 Å². The largest absolute Gasteiger partial charge is 0.357 e. The lowest BCUT2D eigenvalue weighted by Crippen LogP contribution is -2.38. The van der Waals surface area contributed by atoms with Gasteiger partial charge in [0.25, 0.3) is 0 Å². The van der Waals surface area contributed by atoms with E-state index in [4.69, 9.17) is 11.6 Å². The summed E-state index contributed by atoms with van der Waals surface area (Å²) in [5, 5.41) is 4.17. The maximum absolute atomic E-state index is 14.2. The first-order valence-electron chi connectivity index (χ1n) is 14.5. The first-order valence-corrected chi connectivity index (χ1v) is 14.9. The molecule has 0 unspecified atom stereocenters. The smallest absolute Gasteiger partial charge is 0.227 e. The number of hydrogen-bond acceptors (Lipinski definition) is 3. The van der Waals surface area contributed by atoms with Crippen LogP contribution in [-0.2, 0) is 15.0 Å². The number of fused-ring (bicyclic) bond motifs is 1. The molecule has 0 bridgehead atoms. The molecule has 1 N–H and O–H groups in total. The molecule has 40 heavy (non-hydrogen) atoms. The predicted molar refractivity (Wildman–Crippen MR) is 165 cm³/mol. The van der Waals surface area contributed by atoms with Crippen LogP contribution >= 0.6 is 11.6 Å². The predicted octanol–water partition coefficient (Wildman–Crippen LogP) is 9.12. The van der Waals surface area contributed by atoms with Crippen molar-refractivity contribution in [1.29, 1.82) is 0 Å². The number of carbonyl (C=O) groups is 2. The summed E-state index contributed by atoms with van der Waals surface area (Å²) in [6.45, 7) is 8.76. The SMILES string of the molecule is CCCCCC(=O)N1c2ccccc2NC2=C(C(=O)C[C@H](c3ccc(C(C)(C)C)cc3)C2)[C@H]1c1ccccc1Cl. The Morgan fingerprint density at radius 2 is 1.65 bits per heavy atom. The van der Waals surface area contributed by atoms with E-state index in [2.05, 4.69) is 57.3 Å². The third kappa shape index (κ3) is 5.60. The highest BCUT2D eigenvalue weighted by Gasteiger charge is 2.42. The van der Waals surface area contributed by atoms with Crippen molar-refractivity contribution < 1.29 is 9.59 Å². The van der Waals surface area contributed by atoms with Crippen LogP contribution in [0.5, 0.6) is 0 Å². The monoisotopic (exact) mass is 554 g/mol. The molecule has 3 aromatic carbocycles. The number of nitrogens with zero attached hydrogens (tertiary/aromatic N) is 1. The quantitative estimate of drug-likeness (QED) is 0.309. The van der Waals surface area contributed by atoms with Gasteiger partial charge in [0.1, 0.15) is 0 Å². The van der Waals surface area contributed by atoms with Gasteiger partial charge < -0.3 is 5.32 Å². The average Bonchev–Trinajstić information content (AvgIpc) is 3.07. The summed E-state index contributed by atoms with van der Waals surface area (Å²) < 4.78 is 0. The molecule has 2 aliphatic rings. The van der Waals surface area contributed by atoms with E-state index in [0.29, 0.717) is 29.9 Å².